The van der Waals surface area contributed by atoms with E-state index in [1.165, 1.54) is 50.3 Å². The van der Waals surface area contributed by atoms with Crippen molar-refractivity contribution in [1.82, 2.24) is 4.90 Å². The van der Waals surface area contributed by atoms with E-state index in [4.69, 9.17) is 4.74 Å². The second-order valence-corrected chi connectivity index (χ2v) is 14.7. The highest BCUT2D eigenvalue weighted by Crippen LogP contribution is 2.35. The number of aryl methyl sites for hydroxylation is 1. The molecule has 0 N–H and O–H groups in total. The monoisotopic (exact) mass is 677 g/mol. The first-order valence-corrected chi connectivity index (χ1v) is 19.5. The summed E-state index contributed by atoms with van der Waals surface area (Å²) in [5.41, 5.74) is 4.77. The molecule has 2 aromatic carbocycles. The molecule has 0 spiro atoms. The van der Waals surface area contributed by atoms with E-state index in [-0.39, 0.29) is 23.7 Å². The Hall–Kier alpha value is -2.97. The maximum Gasteiger partial charge on any atom is 0.305 e. The molecule has 1 unspecified atom stereocenters. The summed E-state index contributed by atoms with van der Waals surface area (Å²) in [7, 11) is 1.45. The van der Waals surface area contributed by atoms with E-state index in [9.17, 15) is 14.0 Å². The molecule has 0 saturated carbocycles. The lowest BCUT2D eigenvalue weighted by atomic mass is 9.92. The van der Waals surface area contributed by atoms with Crippen LogP contribution in [0.1, 0.15) is 108 Å². The molecule has 0 radical (unpaired) electrons. The number of carbonyl (C=O) groups excluding carboxylic acids is 2. The molecule has 5 rings (SSSR count). The highest BCUT2D eigenvalue weighted by Gasteiger charge is 2.30. The molecule has 6 nitrogen and oxygen atoms in total. The Balaban J connectivity index is 1.18. The van der Waals surface area contributed by atoms with Gasteiger partial charge in [0, 0.05) is 73.1 Å². The first-order chi connectivity index (χ1) is 23.5. The van der Waals surface area contributed by atoms with Crippen LogP contribution in [0.25, 0.3) is 10.1 Å². The second kappa shape index (κ2) is 18.7. The topological polar surface area (TPSA) is 53.1 Å². The number of benzene rings is 2. The molecule has 1 fully saturated rings. The van der Waals surface area contributed by atoms with Gasteiger partial charge in [0.1, 0.15) is 5.82 Å². The third-order valence-corrected chi connectivity index (χ3v) is 11.2. The lowest BCUT2D eigenvalue weighted by molar-refractivity contribution is -0.140. The van der Waals surface area contributed by atoms with E-state index in [2.05, 4.69) is 45.9 Å². The Kier molecular flexibility index (Phi) is 14.1. The van der Waals surface area contributed by atoms with E-state index in [1.54, 1.807) is 23.5 Å². The van der Waals surface area contributed by atoms with Crippen molar-refractivity contribution in [2.45, 2.75) is 116 Å². The SMILES string of the molecule is CCCCCCCC(CCCCCCCC(=O)OC)N1C(=O)CCc2ccc(CCN3CCN(c4cc(F)cc5sccc45)CC3)cc21. The summed E-state index contributed by atoms with van der Waals surface area (Å²) in [6.45, 7) is 6.94. The Morgan fingerprint density at radius 1 is 0.875 bits per heavy atom. The summed E-state index contributed by atoms with van der Waals surface area (Å²) in [6, 6.07) is 12.6. The Morgan fingerprint density at radius 3 is 2.35 bits per heavy atom. The van der Waals surface area contributed by atoms with Crippen LogP contribution in [-0.2, 0) is 27.2 Å². The van der Waals surface area contributed by atoms with E-state index in [1.807, 2.05) is 5.38 Å². The summed E-state index contributed by atoms with van der Waals surface area (Å²) < 4.78 is 20.1. The van der Waals surface area contributed by atoms with Gasteiger partial charge in [-0.15, -0.1) is 11.3 Å². The van der Waals surface area contributed by atoms with Gasteiger partial charge in [0.05, 0.1) is 7.11 Å². The van der Waals surface area contributed by atoms with Crippen molar-refractivity contribution >= 4 is 44.7 Å². The maximum atomic E-state index is 14.3. The zero-order valence-electron chi connectivity index (χ0n) is 29.3. The molecule has 1 amide bonds. The number of amides is 1. The number of methoxy groups -OCH3 is 1. The van der Waals surface area contributed by atoms with E-state index < -0.39 is 0 Å². The Morgan fingerprint density at radius 2 is 1.60 bits per heavy atom. The molecular weight excluding hydrogens is 622 g/mol. The van der Waals surface area contributed by atoms with Crippen LogP contribution < -0.4 is 9.80 Å². The summed E-state index contributed by atoms with van der Waals surface area (Å²) in [5, 5.41) is 3.20. The minimum atomic E-state index is -0.159. The molecule has 3 heterocycles. The van der Waals surface area contributed by atoms with Crippen molar-refractivity contribution in [2.24, 2.45) is 0 Å². The number of nitrogens with zero attached hydrogens (tertiary/aromatic N) is 3. The Labute approximate surface area is 291 Å². The van der Waals surface area contributed by atoms with Crippen LogP contribution in [0.5, 0.6) is 0 Å². The normalized spacial score (nSPS) is 16.0. The van der Waals surface area contributed by atoms with Gasteiger partial charge in [0.25, 0.3) is 0 Å². The first-order valence-electron chi connectivity index (χ1n) is 18.6. The van der Waals surface area contributed by atoms with E-state index in [0.717, 1.165) is 112 Å². The number of esters is 1. The summed E-state index contributed by atoms with van der Waals surface area (Å²) in [4.78, 5) is 32.1. The highest BCUT2D eigenvalue weighted by atomic mass is 32.1. The number of unbranched alkanes of at least 4 members (excludes halogenated alkanes) is 8. The van der Waals surface area contributed by atoms with Gasteiger partial charge in [-0.1, -0.05) is 76.8 Å². The number of ether oxygens (including phenoxy) is 1. The lowest BCUT2D eigenvalue weighted by Crippen LogP contribution is -2.47. The molecule has 2 aliphatic rings. The maximum absolute atomic E-state index is 14.3. The molecule has 2 aliphatic heterocycles. The fourth-order valence-corrected chi connectivity index (χ4v) is 8.38. The van der Waals surface area contributed by atoms with Gasteiger partial charge >= 0.3 is 5.97 Å². The standard InChI is InChI=1S/C40H56FN3O3S/c1-3-4-5-7-10-13-34(14-11-8-6-9-12-15-40(46)47-2)44-36-28-31(16-17-32(36)18-19-39(44)45)20-22-42-23-25-43(26-24-42)37-29-33(41)30-38-35(37)21-27-48-38/h16-17,21,27-30,34H,3-15,18-20,22-26H2,1-2H3. The zero-order valence-corrected chi connectivity index (χ0v) is 30.1. The number of rotatable bonds is 19. The zero-order chi connectivity index (χ0) is 33.7. The fraction of sp³-hybridized carbons (Fsp3) is 0.600. The van der Waals surface area contributed by atoms with Crippen LogP contribution in [0, 0.1) is 5.82 Å². The van der Waals surface area contributed by atoms with Crippen molar-refractivity contribution in [3.8, 4) is 0 Å². The molecule has 1 aromatic heterocycles. The molecule has 0 bridgehead atoms. The van der Waals surface area contributed by atoms with Gasteiger partial charge in [-0.3, -0.25) is 14.5 Å². The van der Waals surface area contributed by atoms with Crippen molar-refractivity contribution in [3.63, 3.8) is 0 Å². The van der Waals surface area contributed by atoms with Crippen LogP contribution in [0.2, 0.25) is 0 Å². The number of carbonyl (C=O) groups is 2. The van der Waals surface area contributed by atoms with E-state index >= 15 is 0 Å². The third-order valence-electron chi connectivity index (χ3n) is 10.4. The van der Waals surface area contributed by atoms with Crippen molar-refractivity contribution in [2.75, 3.05) is 49.6 Å². The highest BCUT2D eigenvalue weighted by molar-refractivity contribution is 7.17. The molecule has 8 heteroatoms. The van der Waals surface area contributed by atoms with Gasteiger partial charge in [-0.2, -0.15) is 0 Å². The van der Waals surface area contributed by atoms with Crippen molar-refractivity contribution in [1.29, 1.82) is 0 Å². The summed E-state index contributed by atoms with van der Waals surface area (Å²) >= 11 is 1.60. The van der Waals surface area contributed by atoms with Gasteiger partial charge < -0.3 is 14.5 Å². The predicted octanol–water partition coefficient (Wildman–Crippen LogP) is 9.32. The van der Waals surface area contributed by atoms with Crippen molar-refractivity contribution < 1.29 is 18.7 Å². The van der Waals surface area contributed by atoms with Crippen LogP contribution in [0.15, 0.2) is 41.8 Å². The van der Waals surface area contributed by atoms with Crippen LogP contribution in [-0.4, -0.2) is 62.7 Å². The van der Waals surface area contributed by atoms with Gasteiger partial charge in [-0.25, -0.2) is 4.39 Å². The predicted molar refractivity (Wildman–Crippen MR) is 198 cm³/mol. The van der Waals surface area contributed by atoms with Crippen LogP contribution in [0.3, 0.4) is 0 Å². The van der Waals surface area contributed by atoms with Gasteiger partial charge in [-0.05, 0) is 72.9 Å². The van der Waals surface area contributed by atoms with Crippen LogP contribution >= 0.6 is 11.3 Å². The number of thiophene rings is 1. The summed E-state index contributed by atoms with van der Waals surface area (Å²) in [5.74, 6) is 0.000943. The first kappa shape index (κ1) is 36.3. The average Bonchev–Trinajstić information content (AvgIpc) is 3.57. The molecule has 1 atom stereocenters. The van der Waals surface area contributed by atoms with Gasteiger partial charge in [0.15, 0.2) is 0 Å². The number of piperazine rings is 1. The molecule has 48 heavy (non-hydrogen) atoms. The molecule has 262 valence electrons. The molecule has 0 aliphatic carbocycles. The minimum Gasteiger partial charge on any atom is -0.469 e. The molecule has 3 aromatic rings. The van der Waals surface area contributed by atoms with E-state index in [0.29, 0.717) is 12.8 Å². The Bertz CT molecular complexity index is 1470. The second-order valence-electron chi connectivity index (χ2n) is 13.8. The third kappa shape index (κ3) is 10.0. The number of halogens is 1. The van der Waals surface area contributed by atoms with Crippen molar-refractivity contribution in [3.05, 3.63) is 58.7 Å². The molecular formula is C40H56FN3O3S. The number of hydrogen-bond acceptors (Lipinski definition) is 6. The number of hydrogen-bond donors (Lipinski definition) is 0. The number of fused-ring (bicyclic) bond motifs is 2. The number of anilines is 2. The largest absolute Gasteiger partial charge is 0.469 e. The summed E-state index contributed by atoms with van der Waals surface area (Å²) in [6.07, 6.45) is 16.5. The van der Waals surface area contributed by atoms with Gasteiger partial charge in [0.2, 0.25) is 5.91 Å². The smallest absolute Gasteiger partial charge is 0.305 e. The minimum absolute atomic E-state index is 0.122. The molecule has 1 saturated heterocycles. The lowest BCUT2D eigenvalue weighted by Gasteiger charge is -2.37. The average molecular weight is 678 g/mol. The fourth-order valence-electron chi connectivity index (χ4n) is 7.55. The van der Waals surface area contributed by atoms with Crippen LogP contribution in [0.4, 0.5) is 15.8 Å². The quantitative estimate of drug-likeness (QED) is 0.0935.